The minimum Gasteiger partial charge on any atom is -0.382 e. The summed E-state index contributed by atoms with van der Waals surface area (Å²) in [5.41, 5.74) is 2.44. The number of pyridine rings is 1. The van der Waals surface area contributed by atoms with Gasteiger partial charge in [0.1, 0.15) is 5.56 Å². The summed E-state index contributed by atoms with van der Waals surface area (Å²) in [6, 6.07) is 13.1. The Morgan fingerprint density at radius 3 is 2.44 bits per heavy atom. The van der Waals surface area contributed by atoms with Gasteiger partial charge in [0.15, 0.2) is 0 Å². The van der Waals surface area contributed by atoms with Crippen LogP contribution in [0, 0.1) is 0 Å². The molecule has 2 aromatic carbocycles. The van der Waals surface area contributed by atoms with E-state index in [1.165, 1.54) is 6.20 Å². The van der Waals surface area contributed by atoms with Crippen molar-refractivity contribution in [3.63, 3.8) is 0 Å². The number of carbonyl (C=O) groups excluding carboxylic acids is 1. The van der Waals surface area contributed by atoms with Crippen LogP contribution in [0.3, 0.4) is 0 Å². The average molecular weight is 558 g/mol. The summed E-state index contributed by atoms with van der Waals surface area (Å²) in [5, 5.41) is 1.12. The van der Waals surface area contributed by atoms with Crippen LogP contribution >= 0.6 is 11.6 Å². The van der Waals surface area contributed by atoms with E-state index < -0.39 is 0 Å². The van der Waals surface area contributed by atoms with E-state index in [1.54, 1.807) is 24.1 Å². The summed E-state index contributed by atoms with van der Waals surface area (Å²) in [6.45, 7) is 6.66. The van der Waals surface area contributed by atoms with Gasteiger partial charge >= 0.3 is 0 Å². The molecule has 9 nitrogen and oxygen atoms in total. The lowest BCUT2D eigenvalue weighted by molar-refractivity contribution is 0.0187. The number of hydrogen-bond donors (Lipinski definition) is 1. The van der Waals surface area contributed by atoms with E-state index in [1.807, 2.05) is 30.3 Å². The number of amides is 1. The second-order valence-corrected chi connectivity index (χ2v) is 9.81. The third-order valence-electron chi connectivity index (χ3n) is 6.57. The van der Waals surface area contributed by atoms with E-state index >= 15 is 0 Å². The fraction of sp³-hybridized carbons (Fsp3) is 0.448. The Kier molecular flexibility index (Phi) is 11.3. The lowest BCUT2D eigenvalue weighted by Gasteiger charge is -2.26. The van der Waals surface area contributed by atoms with Crippen molar-refractivity contribution in [3.05, 3.63) is 80.6 Å². The van der Waals surface area contributed by atoms with E-state index in [4.69, 9.17) is 30.5 Å². The zero-order valence-corrected chi connectivity index (χ0v) is 23.1. The molecule has 1 aliphatic heterocycles. The molecule has 0 bridgehead atoms. The Labute approximate surface area is 233 Å². The fourth-order valence-corrected chi connectivity index (χ4v) is 4.54. The van der Waals surface area contributed by atoms with Crippen LogP contribution in [0.15, 0.2) is 53.5 Å². The average Bonchev–Trinajstić information content (AvgIpc) is 2.95. The van der Waals surface area contributed by atoms with Crippen LogP contribution in [-0.4, -0.2) is 93.7 Å². The van der Waals surface area contributed by atoms with E-state index in [-0.39, 0.29) is 16.9 Å². The highest BCUT2D eigenvalue weighted by Crippen LogP contribution is 2.16. The van der Waals surface area contributed by atoms with Crippen molar-refractivity contribution in [3.8, 4) is 0 Å². The lowest BCUT2D eigenvalue weighted by Crippen LogP contribution is -2.36. The van der Waals surface area contributed by atoms with Gasteiger partial charge in [0, 0.05) is 62.0 Å². The standard InChI is InChI=1S/C29H36ClN3O6/c1-36-14-15-39-17-16-38-13-10-33(21-22-2-5-24(30)6-3-22)29(35)26-19-31-27-7-4-23(18-25(27)28(26)34)20-32-8-11-37-12-9-32/h2-7,18-19H,8-17,20-21H2,1H3,(H,31,34). The third-order valence-corrected chi connectivity index (χ3v) is 6.82. The first kappa shape index (κ1) is 29.2. The number of H-pyrrole nitrogens is 1. The van der Waals surface area contributed by atoms with E-state index in [0.29, 0.717) is 75.3 Å². The number of carbonyl (C=O) groups is 1. The number of rotatable bonds is 14. The van der Waals surface area contributed by atoms with Gasteiger partial charge in [-0.2, -0.15) is 0 Å². The van der Waals surface area contributed by atoms with Crippen LogP contribution in [0.5, 0.6) is 0 Å². The van der Waals surface area contributed by atoms with Crippen molar-refractivity contribution in [1.29, 1.82) is 0 Å². The summed E-state index contributed by atoms with van der Waals surface area (Å²) in [5.74, 6) is -0.355. The molecular formula is C29H36ClN3O6. The van der Waals surface area contributed by atoms with Gasteiger partial charge in [-0.25, -0.2) is 0 Å². The van der Waals surface area contributed by atoms with Gasteiger partial charge in [0.2, 0.25) is 5.43 Å². The number of halogens is 1. The largest absolute Gasteiger partial charge is 0.382 e. The van der Waals surface area contributed by atoms with Gasteiger partial charge in [0.25, 0.3) is 5.91 Å². The van der Waals surface area contributed by atoms with Crippen molar-refractivity contribution in [2.45, 2.75) is 13.1 Å². The normalized spacial score (nSPS) is 14.1. The molecule has 1 amide bonds. The van der Waals surface area contributed by atoms with Crippen LogP contribution in [0.25, 0.3) is 10.9 Å². The van der Waals surface area contributed by atoms with E-state index in [9.17, 15) is 9.59 Å². The number of methoxy groups -OCH3 is 1. The van der Waals surface area contributed by atoms with E-state index in [0.717, 1.165) is 30.8 Å². The molecular weight excluding hydrogens is 522 g/mol. The highest BCUT2D eigenvalue weighted by atomic mass is 35.5. The minimum absolute atomic E-state index is 0.0999. The number of benzene rings is 2. The monoisotopic (exact) mass is 557 g/mol. The number of hydrogen-bond acceptors (Lipinski definition) is 7. The fourth-order valence-electron chi connectivity index (χ4n) is 4.41. The van der Waals surface area contributed by atoms with Gasteiger partial charge in [-0.3, -0.25) is 14.5 Å². The molecule has 0 aliphatic carbocycles. The maximum atomic E-state index is 13.7. The molecule has 10 heteroatoms. The van der Waals surface area contributed by atoms with Crippen LogP contribution in [-0.2, 0) is 32.0 Å². The molecule has 0 atom stereocenters. The van der Waals surface area contributed by atoms with Crippen molar-refractivity contribution in [2.75, 3.05) is 73.0 Å². The van der Waals surface area contributed by atoms with Gasteiger partial charge in [0.05, 0.1) is 46.2 Å². The number of morpholine rings is 1. The molecule has 0 radical (unpaired) electrons. The molecule has 1 aliphatic rings. The molecule has 0 saturated carbocycles. The SMILES string of the molecule is COCCOCCOCCN(Cc1ccc(Cl)cc1)C(=O)c1c[nH]c2ccc(CN3CCOCC3)cc2c1=O. The van der Waals surface area contributed by atoms with Crippen LogP contribution in [0.4, 0.5) is 0 Å². The molecule has 4 rings (SSSR count). The number of ether oxygens (including phenoxy) is 4. The summed E-state index contributed by atoms with van der Waals surface area (Å²) in [7, 11) is 1.62. The Morgan fingerprint density at radius 1 is 1.00 bits per heavy atom. The summed E-state index contributed by atoms with van der Waals surface area (Å²) in [6.07, 6.45) is 1.51. The Morgan fingerprint density at radius 2 is 1.69 bits per heavy atom. The van der Waals surface area contributed by atoms with Crippen molar-refractivity contribution < 1.29 is 23.7 Å². The Balaban J connectivity index is 1.48. The quantitative estimate of drug-likeness (QED) is 0.304. The molecule has 1 fully saturated rings. The minimum atomic E-state index is -0.355. The molecule has 2 heterocycles. The van der Waals surface area contributed by atoms with Crippen LogP contribution in [0.1, 0.15) is 21.5 Å². The highest BCUT2D eigenvalue weighted by Gasteiger charge is 2.21. The number of aromatic amines is 1. The molecule has 39 heavy (non-hydrogen) atoms. The van der Waals surface area contributed by atoms with E-state index in [2.05, 4.69) is 9.88 Å². The Hall–Kier alpha value is -2.79. The maximum Gasteiger partial charge on any atom is 0.259 e. The third kappa shape index (κ3) is 8.60. The smallest absolute Gasteiger partial charge is 0.259 e. The maximum absolute atomic E-state index is 13.7. The van der Waals surface area contributed by atoms with Gasteiger partial charge in [-0.15, -0.1) is 0 Å². The molecule has 0 unspecified atom stereocenters. The molecule has 1 N–H and O–H groups in total. The predicted octanol–water partition coefficient (Wildman–Crippen LogP) is 3.34. The summed E-state index contributed by atoms with van der Waals surface area (Å²) < 4.78 is 21.5. The Bertz CT molecular complexity index is 1260. The molecule has 3 aromatic rings. The molecule has 1 aromatic heterocycles. The van der Waals surface area contributed by atoms with Crippen molar-refractivity contribution in [1.82, 2.24) is 14.8 Å². The first-order valence-corrected chi connectivity index (χ1v) is 13.6. The topological polar surface area (TPSA) is 93.3 Å². The molecule has 1 saturated heterocycles. The van der Waals surface area contributed by atoms with Crippen molar-refractivity contribution >= 4 is 28.4 Å². The van der Waals surface area contributed by atoms with Crippen LogP contribution in [0.2, 0.25) is 5.02 Å². The molecule has 210 valence electrons. The second kappa shape index (κ2) is 15.1. The highest BCUT2D eigenvalue weighted by molar-refractivity contribution is 6.30. The summed E-state index contributed by atoms with van der Waals surface area (Å²) >= 11 is 6.05. The lowest BCUT2D eigenvalue weighted by atomic mass is 10.1. The van der Waals surface area contributed by atoms with Gasteiger partial charge < -0.3 is 28.8 Å². The number of nitrogens with one attached hydrogen (secondary N) is 1. The number of nitrogens with zero attached hydrogens (tertiary/aromatic N) is 2. The number of fused-ring (bicyclic) bond motifs is 1. The first-order valence-electron chi connectivity index (χ1n) is 13.2. The predicted molar refractivity (Wildman–Crippen MR) is 150 cm³/mol. The second-order valence-electron chi connectivity index (χ2n) is 9.37. The van der Waals surface area contributed by atoms with Crippen molar-refractivity contribution in [2.24, 2.45) is 0 Å². The zero-order chi connectivity index (χ0) is 27.5. The first-order chi connectivity index (χ1) is 19.0. The zero-order valence-electron chi connectivity index (χ0n) is 22.3. The number of aromatic nitrogens is 1. The van der Waals surface area contributed by atoms with Gasteiger partial charge in [-0.05, 0) is 35.4 Å². The van der Waals surface area contributed by atoms with Gasteiger partial charge in [-0.1, -0.05) is 29.8 Å². The molecule has 0 spiro atoms. The summed E-state index contributed by atoms with van der Waals surface area (Å²) in [4.78, 5) is 34.3. The van der Waals surface area contributed by atoms with Crippen LogP contribution < -0.4 is 5.43 Å².